The summed E-state index contributed by atoms with van der Waals surface area (Å²) in [5.41, 5.74) is 0. The Bertz CT molecular complexity index is 197. The van der Waals surface area contributed by atoms with E-state index in [0.717, 1.165) is 12.8 Å². The summed E-state index contributed by atoms with van der Waals surface area (Å²) in [5, 5.41) is 9.96. The zero-order valence-corrected chi connectivity index (χ0v) is 7.59. The Morgan fingerprint density at radius 1 is 1.42 bits per heavy atom. The molecule has 0 heterocycles. The SMILES string of the molecule is O=[N+]([O-])/C(Cl)=C/C1CCCCC1. The highest BCUT2D eigenvalue weighted by Gasteiger charge is 2.15. The maximum atomic E-state index is 10.2. The minimum atomic E-state index is -0.532. The molecule has 0 bridgehead atoms. The summed E-state index contributed by atoms with van der Waals surface area (Å²) in [6.07, 6.45) is 7.27. The number of halogens is 1. The first-order valence-electron chi connectivity index (χ1n) is 4.22. The Kier molecular flexibility index (Phi) is 3.53. The van der Waals surface area contributed by atoms with Crippen LogP contribution in [0.3, 0.4) is 0 Å². The van der Waals surface area contributed by atoms with Crippen LogP contribution in [0.1, 0.15) is 32.1 Å². The molecule has 1 fully saturated rings. The van der Waals surface area contributed by atoms with Gasteiger partial charge in [0.25, 0.3) is 0 Å². The van der Waals surface area contributed by atoms with E-state index in [-0.39, 0.29) is 5.16 Å². The summed E-state index contributed by atoms with van der Waals surface area (Å²) < 4.78 is 0. The third kappa shape index (κ3) is 2.81. The standard InChI is InChI=1S/C8H12ClNO2/c9-8(10(11)12)6-7-4-2-1-3-5-7/h6-7H,1-5H2/b8-6+. The molecule has 4 heteroatoms. The van der Waals surface area contributed by atoms with Crippen LogP contribution in [0.5, 0.6) is 0 Å². The molecule has 1 aliphatic rings. The van der Waals surface area contributed by atoms with Crippen LogP contribution in [-0.4, -0.2) is 4.92 Å². The number of nitrogens with zero attached hydrogens (tertiary/aromatic N) is 1. The second-order valence-electron chi connectivity index (χ2n) is 3.14. The third-order valence-corrected chi connectivity index (χ3v) is 2.46. The topological polar surface area (TPSA) is 43.1 Å². The predicted octanol–water partition coefficient (Wildman–Crippen LogP) is 2.92. The van der Waals surface area contributed by atoms with Crippen molar-refractivity contribution in [3.63, 3.8) is 0 Å². The lowest BCUT2D eigenvalue weighted by Gasteiger charge is -2.16. The van der Waals surface area contributed by atoms with Crippen molar-refractivity contribution in [1.29, 1.82) is 0 Å². The maximum absolute atomic E-state index is 10.2. The Balaban J connectivity index is 2.47. The maximum Gasteiger partial charge on any atom is 0.333 e. The Morgan fingerprint density at radius 2 is 2.00 bits per heavy atom. The monoisotopic (exact) mass is 189 g/mol. The summed E-state index contributed by atoms with van der Waals surface area (Å²) in [6.45, 7) is 0. The Hall–Kier alpha value is -0.570. The quantitative estimate of drug-likeness (QED) is 0.381. The van der Waals surface area contributed by atoms with Crippen molar-refractivity contribution < 1.29 is 4.92 Å². The number of allylic oxidation sites excluding steroid dienone is 1. The fourth-order valence-corrected chi connectivity index (χ4v) is 1.73. The molecule has 0 N–H and O–H groups in total. The second-order valence-corrected chi connectivity index (χ2v) is 3.53. The molecule has 1 rings (SSSR count). The van der Waals surface area contributed by atoms with E-state index in [1.54, 1.807) is 6.08 Å². The predicted molar refractivity (Wildman–Crippen MR) is 47.5 cm³/mol. The summed E-state index contributed by atoms with van der Waals surface area (Å²) in [6, 6.07) is 0. The molecule has 0 aromatic carbocycles. The van der Waals surface area contributed by atoms with E-state index in [9.17, 15) is 10.1 Å². The highest BCUT2D eigenvalue weighted by molar-refractivity contribution is 6.27. The van der Waals surface area contributed by atoms with Gasteiger partial charge in [0.1, 0.15) is 0 Å². The first-order valence-corrected chi connectivity index (χ1v) is 4.59. The second kappa shape index (κ2) is 4.45. The molecule has 0 saturated heterocycles. The molecule has 0 aromatic heterocycles. The van der Waals surface area contributed by atoms with Gasteiger partial charge in [0, 0.05) is 6.08 Å². The summed E-state index contributed by atoms with van der Waals surface area (Å²) in [4.78, 5) is 9.65. The molecule has 0 aromatic rings. The molecule has 3 nitrogen and oxygen atoms in total. The van der Waals surface area contributed by atoms with E-state index >= 15 is 0 Å². The normalized spacial score (nSPS) is 20.9. The minimum absolute atomic E-state index is 0.220. The lowest BCUT2D eigenvalue weighted by Crippen LogP contribution is -2.05. The lowest BCUT2D eigenvalue weighted by atomic mass is 9.89. The molecule has 0 atom stereocenters. The zero-order chi connectivity index (χ0) is 8.97. The molecule has 1 saturated carbocycles. The van der Waals surface area contributed by atoms with Crippen LogP contribution < -0.4 is 0 Å². The van der Waals surface area contributed by atoms with Crippen LogP contribution in [0.15, 0.2) is 11.2 Å². The van der Waals surface area contributed by atoms with Crippen LogP contribution in [0.2, 0.25) is 0 Å². The van der Waals surface area contributed by atoms with Crippen molar-refractivity contribution in [2.45, 2.75) is 32.1 Å². The third-order valence-electron chi connectivity index (χ3n) is 2.20. The average Bonchev–Trinajstić information content (AvgIpc) is 2.06. The highest BCUT2D eigenvalue weighted by atomic mass is 35.5. The van der Waals surface area contributed by atoms with Gasteiger partial charge in [-0.15, -0.1) is 0 Å². The van der Waals surface area contributed by atoms with Crippen LogP contribution >= 0.6 is 11.6 Å². The van der Waals surface area contributed by atoms with Gasteiger partial charge in [0.2, 0.25) is 0 Å². The highest BCUT2D eigenvalue weighted by Crippen LogP contribution is 2.26. The van der Waals surface area contributed by atoms with Gasteiger partial charge in [0.15, 0.2) is 0 Å². The molecular weight excluding hydrogens is 178 g/mol. The van der Waals surface area contributed by atoms with E-state index in [2.05, 4.69) is 0 Å². The summed E-state index contributed by atoms with van der Waals surface area (Å²) in [5.74, 6) is 0.330. The van der Waals surface area contributed by atoms with Gasteiger partial charge >= 0.3 is 5.16 Å². The Morgan fingerprint density at radius 3 is 2.50 bits per heavy atom. The van der Waals surface area contributed by atoms with Crippen molar-refractivity contribution in [3.05, 3.63) is 21.3 Å². The fourth-order valence-electron chi connectivity index (χ4n) is 1.56. The molecule has 1 aliphatic carbocycles. The average molecular weight is 190 g/mol. The van der Waals surface area contributed by atoms with Gasteiger partial charge in [0.05, 0.1) is 4.92 Å². The first kappa shape index (κ1) is 9.52. The molecule has 0 radical (unpaired) electrons. The molecule has 0 aliphatic heterocycles. The van der Waals surface area contributed by atoms with E-state index in [4.69, 9.17) is 11.6 Å². The van der Waals surface area contributed by atoms with Crippen LogP contribution in [0, 0.1) is 16.0 Å². The molecule has 0 unspecified atom stereocenters. The van der Waals surface area contributed by atoms with E-state index in [1.807, 2.05) is 0 Å². The van der Waals surface area contributed by atoms with Gasteiger partial charge in [-0.3, -0.25) is 10.1 Å². The minimum Gasteiger partial charge on any atom is -0.257 e. The van der Waals surface area contributed by atoms with Gasteiger partial charge < -0.3 is 0 Å². The molecule has 68 valence electrons. The van der Waals surface area contributed by atoms with Crippen LogP contribution in [0.25, 0.3) is 0 Å². The van der Waals surface area contributed by atoms with Gasteiger partial charge in [-0.2, -0.15) is 0 Å². The van der Waals surface area contributed by atoms with Crippen molar-refractivity contribution in [1.82, 2.24) is 0 Å². The lowest BCUT2D eigenvalue weighted by molar-refractivity contribution is -0.412. The molecular formula is C8H12ClNO2. The number of nitro groups is 1. The first-order chi connectivity index (χ1) is 5.70. The molecule has 0 spiro atoms. The fraction of sp³-hybridized carbons (Fsp3) is 0.750. The van der Waals surface area contributed by atoms with Gasteiger partial charge in [-0.1, -0.05) is 19.3 Å². The largest absolute Gasteiger partial charge is 0.333 e. The number of hydrogen-bond donors (Lipinski definition) is 0. The number of rotatable bonds is 2. The van der Waals surface area contributed by atoms with Crippen molar-refractivity contribution >= 4 is 11.6 Å². The van der Waals surface area contributed by atoms with E-state index in [1.165, 1.54) is 19.3 Å². The molecule has 0 amide bonds. The Labute approximate surface area is 76.6 Å². The van der Waals surface area contributed by atoms with Crippen molar-refractivity contribution in [3.8, 4) is 0 Å². The number of hydrogen-bond acceptors (Lipinski definition) is 2. The van der Waals surface area contributed by atoms with Crippen molar-refractivity contribution in [2.24, 2.45) is 5.92 Å². The van der Waals surface area contributed by atoms with E-state index in [0.29, 0.717) is 5.92 Å². The van der Waals surface area contributed by atoms with E-state index < -0.39 is 4.92 Å². The zero-order valence-electron chi connectivity index (χ0n) is 6.83. The summed E-state index contributed by atoms with van der Waals surface area (Å²) >= 11 is 5.41. The molecule has 12 heavy (non-hydrogen) atoms. The smallest absolute Gasteiger partial charge is 0.257 e. The summed E-state index contributed by atoms with van der Waals surface area (Å²) in [7, 11) is 0. The van der Waals surface area contributed by atoms with Gasteiger partial charge in [-0.25, -0.2) is 0 Å². The van der Waals surface area contributed by atoms with Crippen LogP contribution in [-0.2, 0) is 0 Å². The van der Waals surface area contributed by atoms with Crippen molar-refractivity contribution in [2.75, 3.05) is 0 Å². The van der Waals surface area contributed by atoms with Crippen LogP contribution in [0.4, 0.5) is 0 Å². The van der Waals surface area contributed by atoms with Gasteiger partial charge in [-0.05, 0) is 30.4 Å².